The molecule has 120 valence electrons. The van der Waals surface area contributed by atoms with E-state index in [2.05, 4.69) is 15.0 Å². The van der Waals surface area contributed by atoms with E-state index in [1.165, 1.54) is 19.3 Å². The average molecular weight is 304 g/mol. The summed E-state index contributed by atoms with van der Waals surface area (Å²) >= 11 is 0. The Balaban J connectivity index is 1.90. The number of nitrogens with two attached hydrogens (primary N) is 1. The van der Waals surface area contributed by atoms with Gasteiger partial charge in [0, 0.05) is 26.2 Å². The van der Waals surface area contributed by atoms with Gasteiger partial charge < -0.3 is 15.5 Å². The van der Waals surface area contributed by atoms with Crippen molar-refractivity contribution in [2.24, 2.45) is 0 Å². The molecule has 1 saturated carbocycles. The molecule has 22 heavy (non-hydrogen) atoms. The zero-order valence-corrected chi connectivity index (χ0v) is 13.4. The summed E-state index contributed by atoms with van der Waals surface area (Å²) in [5.74, 6) is 0.589. The lowest BCUT2D eigenvalue weighted by atomic mass is 9.79. The molecular formula is C15H24N6O. The van der Waals surface area contributed by atoms with E-state index in [9.17, 15) is 4.79 Å². The number of aromatic nitrogens is 3. The fourth-order valence-corrected chi connectivity index (χ4v) is 3.78. The first-order valence-corrected chi connectivity index (χ1v) is 8.03. The molecule has 1 aromatic heterocycles. The molecule has 7 nitrogen and oxygen atoms in total. The van der Waals surface area contributed by atoms with Crippen LogP contribution in [0.4, 0.5) is 11.9 Å². The molecule has 0 unspecified atom stereocenters. The van der Waals surface area contributed by atoms with Crippen molar-refractivity contribution in [1.82, 2.24) is 19.9 Å². The summed E-state index contributed by atoms with van der Waals surface area (Å²) in [7, 11) is 3.64. The maximum Gasteiger partial charge on any atom is 0.292 e. The molecule has 2 heterocycles. The second-order valence-corrected chi connectivity index (χ2v) is 6.56. The third kappa shape index (κ3) is 2.60. The van der Waals surface area contributed by atoms with Crippen LogP contribution in [0.25, 0.3) is 0 Å². The van der Waals surface area contributed by atoms with E-state index in [0.29, 0.717) is 5.95 Å². The number of likely N-dealkylation sites (tertiary alicyclic amines) is 1. The number of hydrogen-bond acceptors (Lipinski definition) is 6. The SMILES string of the molecule is CN(C)c1nc(N)nc(C(=O)N2CCCC23CCCCC3)n1. The first kappa shape index (κ1) is 15.0. The smallest absolute Gasteiger partial charge is 0.292 e. The van der Waals surface area contributed by atoms with Crippen LogP contribution in [0.2, 0.25) is 0 Å². The normalized spacial score (nSPS) is 20.4. The molecule has 0 aromatic carbocycles. The number of nitrogens with zero attached hydrogens (tertiary/aromatic N) is 5. The molecule has 2 aliphatic rings. The van der Waals surface area contributed by atoms with Gasteiger partial charge in [-0.15, -0.1) is 0 Å². The predicted octanol–water partition coefficient (Wildman–Crippen LogP) is 1.46. The number of hydrogen-bond donors (Lipinski definition) is 1. The maximum absolute atomic E-state index is 12.9. The van der Waals surface area contributed by atoms with Crippen molar-refractivity contribution in [2.75, 3.05) is 31.3 Å². The van der Waals surface area contributed by atoms with Gasteiger partial charge in [0.15, 0.2) is 0 Å². The van der Waals surface area contributed by atoms with Gasteiger partial charge in [0.05, 0.1) is 0 Å². The van der Waals surface area contributed by atoms with Crippen LogP contribution in [0.15, 0.2) is 0 Å². The number of nitrogen functional groups attached to an aromatic ring is 1. The summed E-state index contributed by atoms with van der Waals surface area (Å²) in [5.41, 5.74) is 5.77. The van der Waals surface area contributed by atoms with E-state index in [4.69, 9.17) is 5.73 Å². The Morgan fingerprint density at radius 1 is 1.09 bits per heavy atom. The lowest BCUT2D eigenvalue weighted by molar-refractivity contribution is 0.0488. The van der Waals surface area contributed by atoms with Crippen LogP contribution in [0, 0.1) is 0 Å². The summed E-state index contributed by atoms with van der Waals surface area (Å²) < 4.78 is 0. The van der Waals surface area contributed by atoms with Crippen molar-refractivity contribution >= 4 is 17.8 Å². The van der Waals surface area contributed by atoms with Crippen LogP contribution in [0.1, 0.15) is 55.6 Å². The first-order valence-electron chi connectivity index (χ1n) is 8.03. The molecule has 7 heteroatoms. The molecule has 2 fully saturated rings. The molecule has 1 aromatic rings. The molecule has 2 N–H and O–H groups in total. The van der Waals surface area contributed by atoms with Gasteiger partial charge in [0.1, 0.15) is 0 Å². The van der Waals surface area contributed by atoms with Gasteiger partial charge in [-0.05, 0) is 25.7 Å². The topological polar surface area (TPSA) is 88.2 Å². The van der Waals surface area contributed by atoms with Crippen molar-refractivity contribution in [3.8, 4) is 0 Å². The lowest BCUT2D eigenvalue weighted by Gasteiger charge is -2.41. The van der Waals surface area contributed by atoms with Crippen LogP contribution < -0.4 is 10.6 Å². The van der Waals surface area contributed by atoms with Gasteiger partial charge in [-0.3, -0.25) is 4.79 Å². The minimum Gasteiger partial charge on any atom is -0.368 e. The molecular weight excluding hydrogens is 280 g/mol. The number of rotatable bonds is 2. The van der Waals surface area contributed by atoms with Crippen LogP contribution in [-0.4, -0.2) is 51.9 Å². The first-order chi connectivity index (χ1) is 10.5. The molecule has 0 bridgehead atoms. The Morgan fingerprint density at radius 3 is 2.45 bits per heavy atom. The second-order valence-electron chi connectivity index (χ2n) is 6.56. The van der Waals surface area contributed by atoms with Gasteiger partial charge in [-0.1, -0.05) is 19.3 Å². The van der Waals surface area contributed by atoms with Gasteiger partial charge in [0.2, 0.25) is 17.7 Å². The van der Waals surface area contributed by atoms with Crippen LogP contribution in [0.3, 0.4) is 0 Å². The minimum absolute atomic E-state index is 0.0228. The number of anilines is 2. The third-order valence-corrected chi connectivity index (χ3v) is 4.86. The van der Waals surface area contributed by atoms with Gasteiger partial charge >= 0.3 is 0 Å². The van der Waals surface area contributed by atoms with Crippen LogP contribution >= 0.6 is 0 Å². The summed E-state index contributed by atoms with van der Waals surface area (Å²) in [6, 6.07) is 0. The third-order valence-electron chi connectivity index (χ3n) is 4.86. The largest absolute Gasteiger partial charge is 0.368 e. The Hall–Kier alpha value is -1.92. The highest BCUT2D eigenvalue weighted by Crippen LogP contribution is 2.42. The van der Waals surface area contributed by atoms with Crippen molar-refractivity contribution < 1.29 is 4.79 Å². The fraction of sp³-hybridized carbons (Fsp3) is 0.733. The Labute approximate surface area is 130 Å². The Bertz CT molecular complexity index is 567. The molecule has 0 radical (unpaired) electrons. The van der Waals surface area contributed by atoms with Crippen LogP contribution in [0.5, 0.6) is 0 Å². The van der Waals surface area contributed by atoms with Gasteiger partial charge in [-0.2, -0.15) is 15.0 Å². The van der Waals surface area contributed by atoms with E-state index < -0.39 is 0 Å². The van der Waals surface area contributed by atoms with E-state index >= 15 is 0 Å². The van der Waals surface area contributed by atoms with E-state index in [-0.39, 0.29) is 23.2 Å². The molecule has 1 spiro atoms. The standard InChI is InChI=1S/C15H24N6O/c1-20(2)14-18-11(17-13(16)19-14)12(22)21-10-6-9-15(21)7-4-3-5-8-15/h3-10H2,1-2H3,(H2,16,17,18,19). The Morgan fingerprint density at radius 2 is 1.77 bits per heavy atom. The predicted molar refractivity (Wildman–Crippen MR) is 84.7 cm³/mol. The highest BCUT2D eigenvalue weighted by molar-refractivity contribution is 5.91. The van der Waals surface area contributed by atoms with Crippen molar-refractivity contribution in [2.45, 2.75) is 50.5 Å². The summed E-state index contributed by atoms with van der Waals surface area (Å²) in [4.78, 5) is 29.1. The molecule has 1 saturated heterocycles. The van der Waals surface area contributed by atoms with E-state index in [1.54, 1.807) is 4.90 Å². The molecule has 0 atom stereocenters. The van der Waals surface area contributed by atoms with Crippen molar-refractivity contribution in [1.29, 1.82) is 0 Å². The minimum atomic E-state index is -0.100. The summed E-state index contributed by atoms with van der Waals surface area (Å²) in [6.45, 7) is 0.793. The monoisotopic (exact) mass is 304 g/mol. The lowest BCUT2D eigenvalue weighted by Crippen LogP contribution is -2.49. The average Bonchev–Trinajstić information content (AvgIpc) is 2.89. The van der Waals surface area contributed by atoms with E-state index in [1.807, 2.05) is 19.0 Å². The highest BCUT2D eigenvalue weighted by atomic mass is 16.2. The number of carbonyl (C=O) groups is 1. The Kier molecular flexibility index (Phi) is 3.88. The van der Waals surface area contributed by atoms with Gasteiger partial charge in [0.25, 0.3) is 5.91 Å². The second kappa shape index (κ2) is 5.70. The number of amides is 1. The van der Waals surface area contributed by atoms with E-state index in [0.717, 1.165) is 32.2 Å². The molecule has 1 amide bonds. The summed E-state index contributed by atoms with van der Waals surface area (Å²) in [6.07, 6.45) is 8.03. The quantitative estimate of drug-likeness (QED) is 0.890. The van der Waals surface area contributed by atoms with Crippen LogP contribution in [-0.2, 0) is 0 Å². The number of carbonyl (C=O) groups excluding carboxylic acids is 1. The summed E-state index contributed by atoms with van der Waals surface area (Å²) in [5, 5.41) is 0. The zero-order valence-electron chi connectivity index (χ0n) is 13.4. The maximum atomic E-state index is 12.9. The van der Waals surface area contributed by atoms with Crippen molar-refractivity contribution in [3.63, 3.8) is 0 Å². The highest BCUT2D eigenvalue weighted by Gasteiger charge is 2.44. The molecule has 1 aliphatic carbocycles. The fourth-order valence-electron chi connectivity index (χ4n) is 3.78. The molecule has 3 rings (SSSR count). The zero-order chi connectivity index (χ0) is 15.7. The van der Waals surface area contributed by atoms with Crippen molar-refractivity contribution in [3.05, 3.63) is 5.82 Å². The van der Waals surface area contributed by atoms with Gasteiger partial charge in [-0.25, -0.2) is 0 Å². The molecule has 1 aliphatic heterocycles.